The number of hydrogen-bond donors (Lipinski definition) is 4. The summed E-state index contributed by atoms with van der Waals surface area (Å²) in [6.07, 6.45) is 2.72. The summed E-state index contributed by atoms with van der Waals surface area (Å²) in [5, 5.41) is 13.1. The first-order chi connectivity index (χ1) is 8.54. The molecule has 2 atom stereocenters. The highest BCUT2D eigenvalue weighted by molar-refractivity contribution is 5.87. The Labute approximate surface area is 105 Å². The maximum absolute atomic E-state index is 11.8. The number of carboxylic acid groups (broad SMARTS) is 1. The fraction of sp³-hybridized carbons (Fsp3) is 0.727. The average molecular weight is 257 g/mol. The third-order valence-electron chi connectivity index (χ3n) is 3.16. The van der Waals surface area contributed by atoms with Gasteiger partial charge in [0.25, 0.3) is 0 Å². The minimum Gasteiger partial charge on any atom is -0.480 e. The van der Waals surface area contributed by atoms with Crippen LogP contribution in [-0.4, -0.2) is 42.5 Å². The van der Waals surface area contributed by atoms with Crippen molar-refractivity contribution in [2.75, 3.05) is 19.6 Å². The molecule has 7 nitrogen and oxygen atoms in total. The molecular weight excluding hydrogens is 238 g/mol. The molecule has 0 spiro atoms. The van der Waals surface area contributed by atoms with Gasteiger partial charge in [0.2, 0.25) is 11.8 Å². The van der Waals surface area contributed by atoms with Gasteiger partial charge in [-0.25, -0.2) is 0 Å². The second kappa shape index (κ2) is 6.95. The Morgan fingerprint density at radius 3 is 2.50 bits per heavy atom. The predicted octanol–water partition coefficient (Wildman–Crippen LogP) is -1.32. The number of carbonyl (C=O) groups excluding carboxylic acids is 2. The van der Waals surface area contributed by atoms with Gasteiger partial charge in [0, 0.05) is 5.92 Å². The molecule has 0 heterocycles. The summed E-state index contributed by atoms with van der Waals surface area (Å²) in [7, 11) is 0. The van der Waals surface area contributed by atoms with Gasteiger partial charge in [-0.15, -0.1) is 0 Å². The summed E-state index contributed by atoms with van der Waals surface area (Å²) in [6.45, 7) is -0.160. The average Bonchev–Trinajstić information content (AvgIpc) is 2.81. The topological polar surface area (TPSA) is 122 Å². The fourth-order valence-corrected chi connectivity index (χ4v) is 2.20. The van der Waals surface area contributed by atoms with E-state index >= 15 is 0 Å². The monoisotopic (exact) mass is 257 g/mol. The number of hydrogen-bond acceptors (Lipinski definition) is 4. The van der Waals surface area contributed by atoms with E-state index in [0.717, 1.165) is 19.3 Å². The second-order valence-electron chi connectivity index (χ2n) is 4.42. The van der Waals surface area contributed by atoms with Gasteiger partial charge in [-0.1, -0.05) is 6.42 Å². The van der Waals surface area contributed by atoms with Gasteiger partial charge >= 0.3 is 5.97 Å². The summed E-state index contributed by atoms with van der Waals surface area (Å²) in [4.78, 5) is 33.2. The lowest BCUT2D eigenvalue weighted by Crippen LogP contribution is -2.42. The molecule has 0 saturated heterocycles. The Balaban J connectivity index is 2.28. The normalized spacial score (nSPS) is 22.5. The van der Waals surface area contributed by atoms with Crippen LogP contribution in [-0.2, 0) is 14.4 Å². The molecule has 2 unspecified atom stereocenters. The minimum absolute atomic E-state index is 0.123. The smallest absolute Gasteiger partial charge is 0.322 e. The number of carbonyl (C=O) groups is 3. The van der Waals surface area contributed by atoms with Crippen LogP contribution in [0.15, 0.2) is 0 Å². The second-order valence-corrected chi connectivity index (χ2v) is 4.42. The van der Waals surface area contributed by atoms with Gasteiger partial charge in [0.1, 0.15) is 6.54 Å². The van der Waals surface area contributed by atoms with Crippen molar-refractivity contribution in [3.05, 3.63) is 0 Å². The molecule has 1 aliphatic rings. The van der Waals surface area contributed by atoms with Crippen LogP contribution >= 0.6 is 0 Å². The van der Waals surface area contributed by atoms with Crippen molar-refractivity contribution in [2.24, 2.45) is 17.6 Å². The van der Waals surface area contributed by atoms with E-state index in [1.807, 2.05) is 0 Å². The van der Waals surface area contributed by atoms with Crippen LogP contribution in [0.1, 0.15) is 19.3 Å². The summed E-state index contributed by atoms with van der Waals surface area (Å²) in [6, 6.07) is 0. The van der Waals surface area contributed by atoms with Crippen molar-refractivity contribution in [3.8, 4) is 0 Å². The van der Waals surface area contributed by atoms with E-state index in [1.165, 1.54) is 0 Å². The van der Waals surface area contributed by atoms with Crippen LogP contribution in [0, 0.1) is 11.8 Å². The number of amides is 2. The number of aliphatic carboxylic acids is 1. The zero-order chi connectivity index (χ0) is 13.5. The molecule has 0 bridgehead atoms. The summed E-state index contributed by atoms with van der Waals surface area (Å²) >= 11 is 0. The molecule has 1 fully saturated rings. The number of carboxylic acids is 1. The third kappa shape index (κ3) is 4.33. The number of nitrogens with two attached hydrogens (primary N) is 1. The molecular formula is C11H19N3O4. The summed E-state index contributed by atoms with van der Waals surface area (Å²) in [5.41, 5.74) is 5.57. The van der Waals surface area contributed by atoms with Crippen molar-refractivity contribution in [1.82, 2.24) is 10.6 Å². The standard InChI is InChI=1S/C11H19N3O4/c12-4-7-2-1-3-8(7)11(18)14-5-9(15)13-6-10(16)17/h7-8H,1-6,12H2,(H,13,15)(H,14,18)(H,16,17). The number of rotatable bonds is 6. The molecule has 0 radical (unpaired) electrons. The molecule has 1 aliphatic carbocycles. The summed E-state index contributed by atoms with van der Waals surface area (Å²) in [5.74, 6) is -1.73. The maximum atomic E-state index is 11.8. The van der Waals surface area contributed by atoms with Gasteiger partial charge in [0.05, 0.1) is 6.54 Å². The highest BCUT2D eigenvalue weighted by Gasteiger charge is 2.31. The van der Waals surface area contributed by atoms with Crippen LogP contribution in [0.4, 0.5) is 0 Å². The van der Waals surface area contributed by atoms with Crippen molar-refractivity contribution in [2.45, 2.75) is 19.3 Å². The largest absolute Gasteiger partial charge is 0.480 e. The minimum atomic E-state index is -1.12. The van der Waals surface area contributed by atoms with E-state index in [-0.39, 0.29) is 24.3 Å². The molecule has 18 heavy (non-hydrogen) atoms. The first-order valence-corrected chi connectivity index (χ1v) is 6.01. The molecule has 5 N–H and O–H groups in total. The molecule has 7 heteroatoms. The van der Waals surface area contributed by atoms with Crippen LogP contribution in [0.25, 0.3) is 0 Å². The van der Waals surface area contributed by atoms with Crippen molar-refractivity contribution >= 4 is 17.8 Å². The molecule has 0 aromatic rings. The Hall–Kier alpha value is -1.63. The van der Waals surface area contributed by atoms with E-state index in [1.54, 1.807) is 0 Å². The van der Waals surface area contributed by atoms with E-state index in [4.69, 9.17) is 10.8 Å². The lowest BCUT2D eigenvalue weighted by atomic mass is 9.95. The molecule has 102 valence electrons. The SMILES string of the molecule is NCC1CCCC1C(=O)NCC(=O)NCC(=O)O. The fourth-order valence-electron chi connectivity index (χ4n) is 2.20. The van der Waals surface area contributed by atoms with E-state index in [0.29, 0.717) is 6.54 Å². The lowest BCUT2D eigenvalue weighted by molar-refractivity contribution is -0.137. The van der Waals surface area contributed by atoms with Gasteiger partial charge in [-0.05, 0) is 25.3 Å². The first kappa shape index (κ1) is 14.4. The lowest BCUT2D eigenvalue weighted by Gasteiger charge is -2.17. The molecule has 0 aromatic carbocycles. The van der Waals surface area contributed by atoms with Gasteiger partial charge in [-0.2, -0.15) is 0 Å². The van der Waals surface area contributed by atoms with Gasteiger partial charge < -0.3 is 21.5 Å². The van der Waals surface area contributed by atoms with Crippen molar-refractivity contribution in [3.63, 3.8) is 0 Å². The quantitative estimate of drug-likeness (QED) is 0.470. The van der Waals surface area contributed by atoms with Crippen LogP contribution in [0.5, 0.6) is 0 Å². The Morgan fingerprint density at radius 1 is 1.17 bits per heavy atom. The van der Waals surface area contributed by atoms with Crippen LogP contribution in [0.3, 0.4) is 0 Å². The van der Waals surface area contributed by atoms with E-state index in [9.17, 15) is 14.4 Å². The maximum Gasteiger partial charge on any atom is 0.322 e. The number of nitrogens with one attached hydrogen (secondary N) is 2. The Morgan fingerprint density at radius 2 is 1.89 bits per heavy atom. The summed E-state index contributed by atoms with van der Waals surface area (Å²) < 4.78 is 0. The van der Waals surface area contributed by atoms with E-state index < -0.39 is 18.4 Å². The van der Waals surface area contributed by atoms with Gasteiger partial charge in [-0.3, -0.25) is 14.4 Å². The zero-order valence-corrected chi connectivity index (χ0v) is 10.1. The highest BCUT2D eigenvalue weighted by Crippen LogP contribution is 2.30. The first-order valence-electron chi connectivity index (χ1n) is 6.01. The molecule has 1 rings (SSSR count). The van der Waals surface area contributed by atoms with Crippen LogP contribution < -0.4 is 16.4 Å². The Bertz CT molecular complexity index is 332. The zero-order valence-electron chi connectivity index (χ0n) is 10.1. The molecule has 2 amide bonds. The van der Waals surface area contributed by atoms with Gasteiger partial charge in [0.15, 0.2) is 0 Å². The van der Waals surface area contributed by atoms with Crippen LogP contribution in [0.2, 0.25) is 0 Å². The highest BCUT2D eigenvalue weighted by atomic mass is 16.4. The van der Waals surface area contributed by atoms with E-state index in [2.05, 4.69) is 10.6 Å². The molecule has 1 saturated carbocycles. The van der Waals surface area contributed by atoms with Crippen molar-refractivity contribution < 1.29 is 19.5 Å². The Kier molecular flexibility index (Phi) is 5.57. The molecule has 0 aromatic heterocycles. The van der Waals surface area contributed by atoms with Crippen molar-refractivity contribution in [1.29, 1.82) is 0 Å². The third-order valence-corrected chi connectivity index (χ3v) is 3.16. The predicted molar refractivity (Wildman–Crippen MR) is 63.5 cm³/mol. The molecule has 0 aliphatic heterocycles.